The summed E-state index contributed by atoms with van der Waals surface area (Å²) in [4.78, 5) is 0.161. The Morgan fingerprint density at radius 1 is 1.36 bits per heavy atom. The molecule has 0 bridgehead atoms. The number of ether oxygens (including phenoxy) is 1. The van der Waals surface area contributed by atoms with Crippen molar-refractivity contribution in [2.75, 3.05) is 18.9 Å². The second-order valence-corrected chi connectivity index (χ2v) is 5.32. The maximum Gasteiger partial charge on any atom is 0.122 e. The molecule has 2 heterocycles. The second kappa shape index (κ2) is 3.17. The van der Waals surface area contributed by atoms with Gasteiger partial charge in [0.2, 0.25) is 0 Å². The number of thioether (sulfide) groups is 1. The first-order valence-electron chi connectivity index (χ1n) is 4.98. The zero-order chi connectivity index (χ0) is 9.43. The number of hydrogen-bond donors (Lipinski definition) is 1. The van der Waals surface area contributed by atoms with Gasteiger partial charge in [-0.1, -0.05) is 18.2 Å². The predicted molar refractivity (Wildman–Crippen MR) is 58.8 cm³/mol. The van der Waals surface area contributed by atoms with Crippen LogP contribution in [0.4, 0.5) is 0 Å². The van der Waals surface area contributed by atoms with Crippen LogP contribution < -0.4 is 10.1 Å². The summed E-state index contributed by atoms with van der Waals surface area (Å²) in [5.41, 5.74) is 1.33. The molecule has 1 aromatic carbocycles. The number of fused-ring (bicyclic) bond motifs is 1. The molecule has 2 nitrogen and oxygen atoms in total. The van der Waals surface area contributed by atoms with E-state index in [2.05, 4.69) is 23.5 Å². The first kappa shape index (κ1) is 8.62. The lowest BCUT2D eigenvalue weighted by Crippen LogP contribution is -2.47. The lowest BCUT2D eigenvalue weighted by atomic mass is 10.0. The Balaban J connectivity index is 1.92. The highest BCUT2D eigenvalue weighted by Crippen LogP contribution is 2.37. The molecule has 0 amide bonds. The van der Waals surface area contributed by atoms with Crippen molar-refractivity contribution in [1.82, 2.24) is 5.32 Å². The molecule has 2 aliphatic heterocycles. The predicted octanol–water partition coefficient (Wildman–Crippen LogP) is 1.65. The minimum absolute atomic E-state index is 0.161. The van der Waals surface area contributed by atoms with Gasteiger partial charge in [-0.05, 0) is 11.6 Å². The summed E-state index contributed by atoms with van der Waals surface area (Å²) in [5.74, 6) is 2.26. The van der Waals surface area contributed by atoms with Crippen molar-refractivity contribution < 1.29 is 4.74 Å². The zero-order valence-corrected chi connectivity index (χ0v) is 8.77. The molecule has 3 rings (SSSR count). The lowest BCUT2D eigenvalue weighted by molar-refractivity contribution is 0.226. The minimum atomic E-state index is 0.161. The average molecular weight is 207 g/mol. The van der Waals surface area contributed by atoms with E-state index in [-0.39, 0.29) is 4.87 Å². The smallest absolute Gasteiger partial charge is 0.122 e. The van der Waals surface area contributed by atoms with E-state index >= 15 is 0 Å². The van der Waals surface area contributed by atoms with Crippen molar-refractivity contribution >= 4 is 11.8 Å². The summed E-state index contributed by atoms with van der Waals surface area (Å²) < 4.78 is 5.78. The van der Waals surface area contributed by atoms with E-state index in [1.54, 1.807) is 0 Å². The van der Waals surface area contributed by atoms with Gasteiger partial charge in [-0.15, -0.1) is 11.8 Å². The quantitative estimate of drug-likeness (QED) is 0.699. The Bertz CT molecular complexity index is 347. The van der Waals surface area contributed by atoms with Crippen molar-refractivity contribution in [1.29, 1.82) is 0 Å². The fraction of sp³-hybridized carbons (Fsp3) is 0.455. The van der Waals surface area contributed by atoms with Gasteiger partial charge < -0.3 is 4.74 Å². The molecule has 3 heteroatoms. The summed E-state index contributed by atoms with van der Waals surface area (Å²) in [6.45, 7) is 1.91. The molecular formula is C11H13NOS. The highest BCUT2D eigenvalue weighted by molar-refractivity contribution is 8.00. The molecule has 1 spiro atoms. The normalized spacial score (nSPS) is 30.0. The van der Waals surface area contributed by atoms with Crippen molar-refractivity contribution in [2.45, 2.75) is 11.3 Å². The average Bonchev–Trinajstić information content (AvgIpc) is 2.66. The third kappa shape index (κ3) is 1.31. The minimum Gasteiger partial charge on any atom is -0.490 e. The van der Waals surface area contributed by atoms with E-state index in [0.29, 0.717) is 0 Å². The third-order valence-electron chi connectivity index (χ3n) is 2.84. The van der Waals surface area contributed by atoms with E-state index in [9.17, 15) is 0 Å². The van der Waals surface area contributed by atoms with E-state index in [0.717, 1.165) is 25.3 Å². The summed E-state index contributed by atoms with van der Waals surface area (Å²) >= 11 is 1.99. The number of nitrogens with one attached hydrogen (secondary N) is 1. The molecule has 0 aliphatic carbocycles. The zero-order valence-electron chi connectivity index (χ0n) is 7.95. The van der Waals surface area contributed by atoms with Crippen LogP contribution in [-0.2, 0) is 6.42 Å². The number of rotatable bonds is 0. The van der Waals surface area contributed by atoms with E-state index in [1.807, 2.05) is 17.8 Å². The number of para-hydroxylation sites is 1. The van der Waals surface area contributed by atoms with Crippen molar-refractivity contribution in [3.63, 3.8) is 0 Å². The molecule has 1 atom stereocenters. The summed E-state index contributed by atoms with van der Waals surface area (Å²) in [5, 5.41) is 3.55. The highest BCUT2D eigenvalue weighted by atomic mass is 32.2. The van der Waals surface area contributed by atoms with Crippen LogP contribution >= 0.6 is 11.8 Å². The molecule has 1 saturated heterocycles. The first-order valence-corrected chi connectivity index (χ1v) is 5.96. The molecule has 2 aliphatic rings. The highest BCUT2D eigenvalue weighted by Gasteiger charge is 2.38. The van der Waals surface area contributed by atoms with Crippen molar-refractivity contribution in [3.05, 3.63) is 29.8 Å². The topological polar surface area (TPSA) is 21.3 Å². The van der Waals surface area contributed by atoms with Gasteiger partial charge in [-0.3, -0.25) is 5.32 Å². The molecule has 1 N–H and O–H groups in total. The van der Waals surface area contributed by atoms with Crippen LogP contribution in [0.1, 0.15) is 5.56 Å². The van der Waals surface area contributed by atoms with Crippen molar-refractivity contribution in [3.8, 4) is 5.75 Å². The fourth-order valence-electron chi connectivity index (χ4n) is 2.13. The van der Waals surface area contributed by atoms with Gasteiger partial charge >= 0.3 is 0 Å². The Morgan fingerprint density at radius 3 is 3.14 bits per heavy atom. The van der Waals surface area contributed by atoms with Gasteiger partial charge in [0.15, 0.2) is 0 Å². The Labute approximate surface area is 88.0 Å². The van der Waals surface area contributed by atoms with Gasteiger partial charge in [0.25, 0.3) is 0 Å². The SMILES string of the molecule is c1ccc2c(c1)CC1(CO2)NCCS1. The standard InChI is InChI=1S/C11H13NOS/c1-2-4-10-9(3-1)7-11(8-13-10)12-5-6-14-11/h1-4,12H,5-8H2. The van der Waals surface area contributed by atoms with Crippen LogP contribution in [0.15, 0.2) is 24.3 Å². The lowest BCUT2D eigenvalue weighted by Gasteiger charge is -2.33. The third-order valence-corrected chi connectivity index (χ3v) is 4.20. The second-order valence-electron chi connectivity index (χ2n) is 3.84. The Kier molecular flexibility index (Phi) is 1.96. The van der Waals surface area contributed by atoms with E-state index in [1.165, 1.54) is 11.3 Å². The van der Waals surface area contributed by atoms with Crippen molar-refractivity contribution in [2.24, 2.45) is 0 Å². The van der Waals surface area contributed by atoms with Crippen LogP contribution in [0.2, 0.25) is 0 Å². The van der Waals surface area contributed by atoms with Crippen LogP contribution in [0.25, 0.3) is 0 Å². The van der Waals surface area contributed by atoms with Gasteiger partial charge in [0.05, 0.1) is 0 Å². The molecular weight excluding hydrogens is 194 g/mol. The van der Waals surface area contributed by atoms with Crippen LogP contribution in [0.5, 0.6) is 5.75 Å². The monoisotopic (exact) mass is 207 g/mol. The van der Waals surface area contributed by atoms with E-state index in [4.69, 9.17) is 4.74 Å². The van der Waals surface area contributed by atoms with Crippen LogP contribution in [-0.4, -0.2) is 23.8 Å². The Hall–Kier alpha value is -0.670. The maximum absolute atomic E-state index is 5.78. The Morgan fingerprint density at radius 2 is 2.29 bits per heavy atom. The number of hydrogen-bond acceptors (Lipinski definition) is 3. The van der Waals surface area contributed by atoms with Gasteiger partial charge in [0, 0.05) is 18.7 Å². The van der Waals surface area contributed by atoms with Gasteiger partial charge in [-0.2, -0.15) is 0 Å². The van der Waals surface area contributed by atoms with Gasteiger partial charge in [-0.25, -0.2) is 0 Å². The summed E-state index contributed by atoms with van der Waals surface area (Å²) in [7, 11) is 0. The van der Waals surface area contributed by atoms with Crippen LogP contribution in [0, 0.1) is 0 Å². The summed E-state index contributed by atoms with van der Waals surface area (Å²) in [6, 6.07) is 8.34. The molecule has 74 valence electrons. The first-order chi connectivity index (χ1) is 6.88. The summed E-state index contributed by atoms with van der Waals surface area (Å²) in [6.07, 6.45) is 1.09. The van der Waals surface area contributed by atoms with Gasteiger partial charge in [0.1, 0.15) is 17.2 Å². The number of benzene rings is 1. The van der Waals surface area contributed by atoms with E-state index < -0.39 is 0 Å². The molecule has 0 radical (unpaired) electrons. The molecule has 0 aromatic heterocycles. The molecule has 0 saturated carbocycles. The van der Waals surface area contributed by atoms with Crippen LogP contribution in [0.3, 0.4) is 0 Å². The molecule has 1 fully saturated rings. The fourth-order valence-corrected chi connectivity index (χ4v) is 3.32. The largest absolute Gasteiger partial charge is 0.490 e. The molecule has 1 unspecified atom stereocenters. The molecule has 1 aromatic rings. The molecule has 14 heavy (non-hydrogen) atoms. The maximum atomic E-state index is 5.78.